The van der Waals surface area contributed by atoms with E-state index in [-0.39, 0.29) is 5.82 Å². The van der Waals surface area contributed by atoms with Crippen molar-refractivity contribution in [1.82, 2.24) is 0 Å². The Bertz CT molecular complexity index is 418. The molecule has 1 aliphatic rings. The van der Waals surface area contributed by atoms with Crippen LogP contribution >= 0.6 is 0 Å². The average molecular weight is 270 g/mol. The molecule has 0 atom stereocenters. The summed E-state index contributed by atoms with van der Waals surface area (Å²) in [7, 11) is 0. The Kier molecular flexibility index (Phi) is 5.74. The zero-order chi connectivity index (χ0) is 14.3. The normalized spacial score (nSPS) is 14.3. The van der Waals surface area contributed by atoms with Crippen molar-refractivity contribution in [3.05, 3.63) is 30.1 Å². The molecule has 0 aliphatic carbocycles. The van der Waals surface area contributed by atoms with Crippen molar-refractivity contribution in [2.75, 3.05) is 31.1 Å². The number of rotatable bonds is 1. The number of halogens is 1. The highest BCUT2D eigenvalue weighted by Gasteiger charge is 2.11. The molecule has 0 aromatic heterocycles. The maximum absolute atomic E-state index is 12.6. The molecule has 0 spiro atoms. The van der Waals surface area contributed by atoms with Crippen molar-refractivity contribution in [2.45, 2.75) is 0 Å². The van der Waals surface area contributed by atoms with E-state index in [9.17, 15) is 4.39 Å². The van der Waals surface area contributed by atoms with Crippen molar-refractivity contribution in [1.29, 1.82) is 0 Å². The molecule has 7 heteroatoms. The van der Waals surface area contributed by atoms with Crippen LogP contribution in [0.25, 0.3) is 0 Å². The molecular weight excluding hydrogens is 255 g/mol. The third kappa shape index (κ3) is 5.35. The molecule has 0 saturated carbocycles. The average Bonchev–Trinajstić information content (AvgIpc) is 2.41. The molecule has 1 aromatic carbocycles. The zero-order valence-corrected chi connectivity index (χ0v) is 10.2. The molecule has 1 heterocycles. The molecule has 0 amide bonds. The SMILES string of the molecule is Fc1ccc(N2CC[NH2+]CC2)cc1.O=C([O-])C(=O)O. The maximum atomic E-state index is 12.6. The lowest BCUT2D eigenvalue weighted by Crippen LogP contribution is -2.89. The number of nitrogens with zero attached hydrogens (tertiary/aromatic N) is 1. The van der Waals surface area contributed by atoms with Crippen molar-refractivity contribution in [3.63, 3.8) is 0 Å². The molecule has 2 rings (SSSR count). The van der Waals surface area contributed by atoms with Crippen LogP contribution in [0.4, 0.5) is 10.1 Å². The monoisotopic (exact) mass is 270 g/mol. The second-order valence-electron chi connectivity index (χ2n) is 3.92. The number of carbonyl (C=O) groups excluding carboxylic acids is 1. The van der Waals surface area contributed by atoms with E-state index in [1.165, 1.54) is 12.1 Å². The highest BCUT2D eigenvalue weighted by molar-refractivity contribution is 6.26. The largest absolute Gasteiger partial charge is 0.539 e. The quantitative estimate of drug-likeness (QED) is 0.577. The van der Waals surface area contributed by atoms with Crippen LogP contribution < -0.4 is 15.3 Å². The number of carboxylic acids is 2. The predicted octanol–water partition coefficient (Wildman–Crippen LogP) is -1.97. The van der Waals surface area contributed by atoms with E-state index < -0.39 is 11.9 Å². The molecule has 1 saturated heterocycles. The molecular formula is C12H15FN2O4. The molecule has 104 valence electrons. The van der Waals surface area contributed by atoms with Gasteiger partial charge in [0.2, 0.25) is 0 Å². The highest BCUT2D eigenvalue weighted by atomic mass is 19.1. The number of quaternary nitrogens is 1. The standard InChI is InChI=1S/C10H13FN2.C2H2O4/c11-9-1-3-10(4-2-9)13-7-5-12-6-8-13;3-1(4)2(5)6/h1-4,12H,5-8H2;(H,3,4)(H,5,6). The summed E-state index contributed by atoms with van der Waals surface area (Å²) in [5, 5.41) is 18.6. The summed E-state index contributed by atoms with van der Waals surface area (Å²) in [6.45, 7) is 4.39. The fourth-order valence-corrected chi connectivity index (χ4v) is 1.66. The summed E-state index contributed by atoms with van der Waals surface area (Å²) in [6.07, 6.45) is 0. The first-order valence-corrected chi connectivity index (χ1v) is 5.77. The number of anilines is 1. The van der Waals surface area contributed by atoms with Crippen molar-refractivity contribution < 1.29 is 29.5 Å². The van der Waals surface area contributed by atoms with Gasteiger partial charge in [0.05, 0.1) is 26.2 Å². The molecule has 1 aliphatic heterocycles. The van der Waals surface area contributed by atoms with E-state index in [0.717, 1.165) is 31.9 Å². The minimum Gasteiger partial charge on any atom is -0.539 e. The fraction of sp³-hybridized carbons (Fsp3) is 0.333. The Morgan fingerprint density at radius 2 is 1.68 bits per heavy atom. The van der Waals surface area contributed by atoms with E-state index in [1.54, 1.807) is 0 Å². The molecule has 0 unspecified atom stereocenters. The van der Waals surface area contributed by atoms with Crippen LogP contribution in [-0.4, -0.2) is 43.2 Å². The van der Waals surface area contributed by atoms with Crippen LogP contribution in [0.3, 0.4) is 0 Å². The second kappa shape index (κ2) is 7.32. The molecule has 3 N–H and O–H groups in total. The molecule has 6 nitrogen and oxygen atoms in total. The minimum absolute atomic E-state index is 0.160. The van der Waals surface area contributed by atoms with Gasteiger partial charge in [-0.2, -0.15) is 0 Å². The lowest BCUT2D eigenvalue weighted by molar-refractivity contribution is -0.655. The predicted molar refractivity (Wildman–Crippen MR) is 62.9 cm³/mol. The van der Waals surface area contributed by atoms with Crippen LogP contribution in [0.5, 0.6) is 0 Å². The van der Waals surface area contributed by atoms with Crippen molar-refractivity contribution >= 4 is 17.6 Å². The van der Waals surface area contributed by atoms with Gasteiger partial charge in [-0.1, -0.05) is 0 Å². The number of carboxylic acid groups (broad SMARTS) is 2. The second-order valence-corrected chi connectivity index (χ2v) is 3.92. The van der Waals surface area contributed by atoms with Crippen LogP contribution in [-0.2, 0) is 9.59 Å². The molecule has 0 radical (unpaired) electrons. The first-order chi connectivity index (χ1) is 9.00. The van der Waals surface area contributed by atoms with Crippen molar-refractivity contribution in [2.24, 2.45) is 0 Å². The summed E-state index contributed by atoms with van der Waals surface area (Å²) in [5.41, 5.74) is 1.13. The Balaban J connectivity index is 0.000000258. The van der Waals surface area contributed by atoms with Crippen LogP contribution in [0, 0.1) is 5.82 Å². The van der Waals surface area contributed by atoms with Gasteiger partial charge in [0.25, 0.3) is 0 Å². The van der Waals surface area contributed by atoms with Crippen LogP contribution in [0.2, 0.25) is 0 Å². The lowest BCUT2D eigenvalue weighted by Gasteiger charge is -2.27. The Morgan fingerprint density at radius 3 is 2.11 bits per heavy atom. The summed E-state index contributed by atoms with van der Waals surface area (Å²) in [4.78, 5) is 20.3. The van der Waals surface area contributed by atoms with E-state index in [2.05, 4.69) is 10.2 Å². The van der Waals surface area contributed by atoms with Crippen molar-refractivity contribution in [3.8, 4) is 0 Å². The van der Waals surface area contributed by atoms with Gasteiger partial charge in [0, 0.05) is 5.69 Å². The number of benzene rings is 1. The topological polar surface area (TPSA) is 97.3 Å². The van der Waals surface area contributed by atoms with Gasteiger partial charge >= 0.3 is 5.97 Å². The maximum Gasteiger partial charge on any atom is 0.351 e. The third-order valence-electron chi connectivity index (χ3n) is 2.57. The van der Waals surface area contributed by atoms with Gasteiger partial charge in [-0.3, -0.25) is 0 Å². The van der Waals surface area contributed by atoms with E-state index in [4.69, 9.17) is 19.8 Å². The van der Waals surface area contributed by atoms with Gasteiger partial charge in [0.15, 0.2) is 5.97 Å². The number of aliphatic carboxylic acids is 2. The van der Waals surface area contributed by atoms with Gasteiger partial charge in [-0.15, -0.1) is 0 Å². The summed E-state index contributed by atoms with van der Waals surface area (Å²) in [5.74, 6) is -4.17. The van der Waals surface area contributed by atoms with E-state index in [1.807, 2.05) is 12.1 Å². The first-order valence-electron chi connectivity index (χ1n) is 5.77. The van der Waals surface area contributed by atoms with Crippen LogP contribution in [0.15, 0.2) is 24.3 Å². The minimum atomic E-state index is -2.07. The molecule has 0 bridgehead atoms. The summed E-state index contributed by atoms with van der Waals surface area (Å²) in [6, 6.07) is 6.74. The zero-order valence-electron chi connectivity index (χ0n) is 10.2. The first kappa shape index (κ1) is 14.9. The fourth-order valence-electron chi connectivity index (χ4n) is 1.66. The van der Waals surface area contributed by atoms with E-state index in [0.29, 0.717) is 0 Å². The summed E-state index contributed by atoms with van der Waals surface area (Å²) >= 11 is 0. The highest BCUT2D eigenvalue weighted by Crippen LogP contribution is 2.13. The number of piperazine rings is 1. The third-order valence-corrected chi connectivity index (χ3v) is 2.57. The number of nitrogens with two attached hydrogens (primary N) is 1. The van der Waals surface area contributed by atoms with Gasteiger partial charge < -0.3 is 25.2 Å². The Hall–Kier alpha value is -2.15. The number of hydrogen-bond donors (Lipinski definition) is 2. The van der Waals surface area contributed by atoms with E-state index >= 15 is 0 Å². The number of hydrogen-bond acceptors (Lipinski definition) is 4. The smallest absolute Gasteiger partial charge is 0.351 e. The molecule has 19 heavy (non-hydrogen) atoms. The van der Waals surface area contributed by atoms with Gasteiger partial charge in [-0.05, 0) is 24.3 Å². The Labute approximate surface area is 109 Å². The molecule has 1 fully saturated rings. The lowest BCUT2D eigenvalue weighted by atomic mass is 10.2. The van der Waals surface area contributed by atoms with Gasteiger partial charge in [-0.25, -0.2) is 9.18 Å². The molecule has 1 aromatic rings. The van der Waals surface area contributed by atoms with Crippen LogP contribution in [0.1, 0.15) is 0 Å². The summed E-state index contributed by atoms with van der Waals surface area (Å²) < 4.78 is 12.6. The Morgan fingerprint density at radius 1 is 1.21 bits per heavy atom. The number of carbonyl (C=O) groups is 2. The van der Waals surface area contributed by atoms with Gasteiger partial charge in [0.1, 0.15) is 5.82 Å².